The van der Waals surface area contributed by atoms with Gasteiger partial charge in [0.15, 0.2) is 0 Å². The van der Waals surface area contributed by atoms with Crippen molar-refractivity contribution in [1.29, 1.82) is 0 Å². The molecule has 0 amide bonds. The van der Waals surface area contributed by atoms with E-state index < -0.39 is 26.6 Å². The topological polar surface area (TPSA) is 75.2 Å². The van der Waals surface area contributed by atoms with Crippen molar-refractivity contribution in [3.63, 3.8) is 0 Å². The van der Waals surface area contributed by atoms with Crippen molar-refractivity contribution in [2.24, 2.45) is 5.92 Å². The SMILES string of the molecule is O=S(=O)(NCC1CCN(c2ncccn2)CC1)c1cc(F)cc(F)c1. The van der Waals surface area contributed by atoms with Crippen LogP contribution in [0.25, 0.3) is 0 Å². The third-order valence-electron chi connectivity index (χ3n) is 4.16. The summed E-state index contributed by atoms with van der Waals surface area (Å²) in [5.74, 6) is -1.03. The first-order valence-corrected chi connectivity index (χ1v) is 9.40. The lowest BCUT2D eigenvalue weighted by Crippen LogP contribution is -2.39. The van der Waals surface area contributed by atoms with E-state index >= 15 is 0 Å². The Bertz CT molecular complexity index is 805. The molecule has 0 radical (unpaired) electrons. The second kappa shape index (κ2) is 7.40. The summed E-state index contributed by atoms with van der Waals surface area (Å²) in [6.45, 7) is 1.68. The largest absolute Gasteiger partial charge is 0.341 e. The molecule has 1 aliphatic rings. The number of hydrogen-bond donors (Lipinski definition) is 1. The monoisotopic (exact) mass is 368 g/mol. The van der Waals surface area contributed by atoms with Gasteiger partial charge in [-0.2, -0.15) is 0 Å². The van der Waals surface area contributed by atoms with Crippen LogP contribution >= 0.6 is 0 Å². The third kappa shape index (κ3) is 4.49. The highest BCUT2D eigenvalue weighted by molar-refractivity contribution is 7.89. The highest BCUT2D eigenvalue weighted by Crippen LogP contribution is 2.20. The Morgan fingerprint density at radius 2 is 1.68 bits per heavy atom. The zero-order valence-corrected chi connectivity index (χ0v) is 14.2. The van der Waals surface area contributed by atoms with E-state index in [1.807, 2.05) is 4.90 Å². The molecule has 2 aromatic rings. The molecule has 6 nitrogen and oxygen atoms in total. The van der Waals surface area contributed by atoms with Crippen molar-refractivity contribution in [2.45, 2.75) is 17.7 Å². The average molecular weight is 368 g/mol. The quantitative estimate of drug-likeness (QED) is 0.873. The Labute approximate surface area is 145 Å². The molecule has 1 aromatic carbocycles. The van der Waals surface area contributed by atoms with E-state index in [0.717, 1.165) is 38.1 Å². The summed E-state index contributed by atoms with van der Waals surface area (Å²) in [6.07, 6.45) is 4.91. The van der Waals surface area contributed by atoms with Gasteiger partial charge in [-0.15, -0.1) is 0 Å². The second-order valence-corrected chi connectivity index (χ2v) is 7.70. The highest BCUT2D eigenvalue weighted by atomic mass is 32.2. The second-order valence-electron chi connectivity index (χ2n) is 5.94. The molecule has 1 saturated heterocycles. The molecule has 0 bridgehead atoms. The van der Waals surface area contributed by atoms with Crippen LogP contribution in [-0.2, 0) is 10.0 Å². The summed E-state index contributed by atoms with van der Waals surface area (Å²) < 4.78 is 53.2. The van der Waals surface area contributed by atoms with Crippen molar-refractivity contribution in [3.05, 3.63) is 48.3 Å². The lowest BCUT2D eigenvalue weighted by Gasteiger charge is -2.31. The smallest absolute Gasteiger partial charge is 0.240 e. The van der Waals surface area contributed by atoms with Gasteiger partial charge in [0.25, 0.3) is 0 Å². The number of hydrogen-bond acceptors (Lipinski definition) is 5. The molecular weight excluding hydrogens is 350 g/mol. The first-order chi connectivity index (χ1) is 11.9. The fourth-order valence-electron chi connectivity index (χ4n) is 2.79. The van der Waals surface area contributed by atoms with E-state index in [-0.39, 0.29) is 12.5 Å². The first-order valence-electron chi connectivity index (χ1n) is 7.92. The molecule has 2 heterocycles. The van der Waals surface area contributed by atoms with Crippen molar-refractivity contribution in [1.82, 2.24) is 14.7 Å². The van der Waals surface area contributed by atoms with Crippen LogP contribution in [0, 0.1) is 17.6 Å². The molecule has 3 rings (SSSR count). The predicted molar refractivity (Wildman–Crippen MR) is 88.5 cm³/mol. The molecule has 1 aliphatic heterocycles. The minimum absolute atomic E-state index is 0.146. The van der Waals surface area contributed by atoms with Crippen LogP contribution in [0.4, 0.5) is 14.7 Å². The number of nitrogens with one attached hydrogen (secondary N) is 1. The zero-order valence-electron chi connectivity index (χ0n) is 13.4. The van der Waals surface area contributed by atoms with Gasteiger partial charge in [0, 0.05) is 38.1 Å². The summed E-state index contributed by atoms with van der Waals surface area (Å²) in [4.78, 5) is 10.0. The predicted octanol–water partition coefficient (Wildman–Crippen LogP) is 1.95. The first kappa shape index (κ1) is 17.7. The molecule has 1 fully saturated rings. The lowest BCUT2D eigenvalue weighted by molar-refractivity contribution is 0.399. The fourth-order valence-corrected chi connectivity index (χ4v) is 3.94. The number of nitrogens with zero attached hydrogens (tertiary/aromatic N) is 3. The summed E-state index contributed by atoms with van der Waals surface area (Å²) in [6, 6.07) is 4.00. The number of anilines is 1. The summed E-state index contributed by atoms with van der Waals surface area (Å²) in [5.41, 5.74) is 0. The van der Waals surface area contributed by atoms with E-state index in [9.17, 15) is 17.2 Å². The maximum Gasteiger partial charge on any atom is 0.240 e. The van der Waals surface area contributed by atoms with Gasteiger partial charge in [0.1, 0.15) is 11.6 Å². The molecule has 0 aliphatic carbocycles. The number of piperidine rings is 1. The molecule has 0 atom stereocenters. The van der Waals surface area contributed by atoms with Crippen molar-refractivity contribution in [3.8, 4) is 0 Å². The van der Waals surface area contributed by atoms with Gasteiger partial charge in [-0.1, -0.05) is 0 Å². The number of halogens is 2. The molecule has 1 N–H and O–H groups in total. The van der Waals surface area contributed by atoms with E-state index in [1.165, 1.54) is 0 Å². The van der Waals surface area contributed by atoms with Gasteiger partial charge in [-0.3, -0.25) is 0 Å². The van der Waals surface area contributed by atoms with Crippen LogP contribution < -0.4 is 9.62 Å². The Hall–Kier alpha value is -2.13. The normalized spacial score (nSPS) is 16.2. The number of sulfonamides is 1. The van der Waals surface area contributed by atoms with Crippen LogP contribution in [0.5, 0.6) is 0 Å². The summed E-state index contributed by atoms with van der Waals surface area (Å²) in [5, 5.41) is 0. The summed E-state index contributed by atoms with van der Waals surface area (Å²) in [7, 11) is -3.94. The molecule has 134 valence electrons. The molecular formula is C16H18F2N4O2S. The van der Waals surface area contributed by atoms with Crippen LogP contribution in [0.2, 0.25) is 0 Å². The molecule has 0 unspecified atom stereocenters. The molecule has 0 spiro atoms. The number of benzene rings is 1. The zero-order chi connectivity index (χ0) is 17.9. The number of rotatable bonds is 5. The minimum atomic E-state index is -3.94. The minimum Gasteiger partial charge on any atom is -0.341 e. The molecule has 9 heteroatoms. The van der Waals surface area contributed by atoms with Crippen molar-refractivity contribution >= 4 is 16.0 Å². The Morgan fingerprint density at radius 3 is 2.28 bits per heavy atom. The van der Waals surface area contributed by atoms with Gasteiger partial charge in [-0.25, -0.2) is 31.9 Å². The van der Waals surface area contributed by atoms with Gasteiger partial charge in [0.05, 0.1) is 4.90 Å². The van der Waals surface area contributed by atoms with Gasteiger partial charge < -0.3 is 4.90 Å². The van der Waals surface area contributed by atoms with Crippen LogP contribution in [0.1, 0.15) is 12.8 Å². The van der Waals surface area contributed by atoms with E-state index in [4.69, 9.17) is 0 Å². The van der Waals surface area contributed by atoms with E-state index in [1.54, 1.807) is 18.5 Å². The number of aromatic nitrogens is 2. The van der Waals surface area contributed by atoms with Crippen LogP contribution in [0.3, 0.4) is 0 Å². The average Bonchev–Trinajstić information content (AvgIpc) is 2.60. The van der Waals surface area contributed by atoms with Crippen LogP contribution in [-0.4, -0.2) is 38.0 Å². The van der Waals surface area contributed by atoms with Gasteiger partial charge >= 0.3 is 0 Å². The van der Waals surface area contributed by atoms with Crippen molar-refractivity contribution < 1.29 is 17.2 Å². The Kier molecular flexibility index (Phi) is 5.24. The van der Waals surface area contributed by atoms with Gasteiger partial charge in [0.2, 0.25) is 16.0 Å². The van der Waals surface area contributed by atoms with E-state index in [2.05, 4.69) is 14.7 Å². The molecule has 25 heavy (non-hydrogen) atoms. The van der Waals surface area contributed by atoms with Gasteiger partial charge in [-0.05, 0) is 37.0 Å². The standard InChI is InChI=1S/C16H18F2N4O2S/c17-13-8-14(18)10-15(9-13)25(23,24)21-11-12-2-6-22(7-3-12)16-19-4-1-5-20-16/h1,4-5,8-10,12,21H,2-3,6-7,11H2. The lowest BCUT2D eigenvalue weighted by atomic mass is 9.97. The fraction of sp³-hybridized carbons (Fsp3) is 0.375. The Morgan fingerprint density at radius 1 is 1.08 bits per heavy atom. The highest BCUT2D eigenvalue weighted by Gasteiger charge is 2.23. The molecule has 0 saturated carbocycles. The summed E-state index contributed by atoms with van der Waals surface area (Å²) >= 11 is 0. The van der Waals surface area contributed by atoms with Crippen molar-refractivity contribution in [2.75, 3.05) is 24.5 Å². The van der Waals surface area contributed by atoms with Crippen LogP contribution in [0.15, 0.2) is 41.6 Å². The molecule has 1 aromatic heterocycles. The van der Waals surface area contributed by atoms with E-state index in [0.29, 0.717) is 12.0 Å². The maximum absolute atomic E-state index is 13.2. The third-order valence-corrected chi connectivity index (χ3v) is 5.56. The maximum atomic E-state index is 13.2. The Balaban J connectivity index is 1.56.